The lowest BCUT2D eigenvalue weighted by molar-refractivity contribution is -0.117. The molecule has 0 aliphatic heterocycles. The first kappa shape index (κ1) is 17.5. The molecule has 1 amide bonds. The van der Waals surface area contributed by atoms with E-state index in [0.29, 0.717) is 17.1 Å². The highest BCUT2D eigenvalue weighted by Gasteiger charge is 2.19. The minimum atomic E-state index is -0.638. The summed E-state index contributed by atoms with van der Waals surface area (Å²) >= 11 is 0. The summed E-state index contributed by atoms with van der Waals surface area (Å²) in [6.45, 7) is 3.73. The van der Waals surface area contributed by atoms with Crippen LogP contribution in [0.2, 0.25) is 0 Å². The summed E-state index contributed by atoms with van der Waals surface area (Å²) in [5.74, 6) is -0.0140. The standard InChI is InChI=1S/C19H21NO4/c1-12-5-7-14(8-6-12)18(21)19(22)20-13(2)15-9-10-16(23-3)17(11-15)24-4/h5-11,13H,1-4H3,(H,20,22). The Hall–Kier alpha value is -2.82. The third kappa shape index (κ3) is 3.93. The lowest BCUT2D eigenvalue weighted by Gasteiger charge is -2.16. The van der Waals surface area contributed by atoms with E-state index in [-0.39, 0.29) is 6.04 Å². The number of hydrogen-bond donors (Lipinski definition) is 1. The molecule has 0 aliphatic carbocycles. The van der Waals surface area contributed by atoms with Gasteiger partial charge in [-0.05, 0) is 31.5 Å². The molecular formula is C19H21NO4. The van der Waals surface area contributed by atoms with E-state index in [2.05, 4.69) is 5.32 Å². The Balaban J connectivity index is 2.11. The molecule has 2 aromatic carbocycles. The lowest BCUT2D eigenvalue weighted by Crippen LogP contribution is -2.33. The van der Waals surface area contributed by atoms with E-state index in [0.717, 1.165) is 11.1 Å². The Morgan fingerprint density at radius 3 is 2.17 bits per heavy atom. The fourth-order valence-electron chi connectivity index (χ4n) is 2.30. The number of benzene rings is 2. The van der Waals surface area contributed by atoms with Crippen molar-refractivity contribution in [1.29, 1.82) is 0 Å². The van der Waals surface area contributed by atoms with Gasteiger partial charge >= 0.3 is 0 Å². The molecule has 1 atom stereocenters. The fraction of sp³-hybridized carbons (Fsp3) is 0.263. The first-order chi connectivity index (χ1) is 11.5. The summed E-state index contributed by atoms with van der Waals surface area (Å²) in [5.41, 5.74) is 2.22. The Labute approximate surface area is 141 Å². The monoisotopic (exact) mass is 327 g/mol. The average Bonchev–Trinajstić information content (AvgIpc) is 2.60. The van der Waals surface area contributed by atoms with Gasteiger partial charge in [0.25, 0.3) is 5.91 Å². The van der Waals surface area contributed by atoms with Crippen LogP contribution in [-0.2, 0) is 4.79 Å². The molecule has 0 aromatic heterocycles. The van der Waals surface area contributed by atoms with Crippen LogP contribution in [0, 0.1) is 6.92 Å². The summed E-state index contributed by atoms with van der Waals surface area (Å²) in [4.78, 5) is 24.4. The molecule has 24 heavy (non-hydrogen) atoms. The van der Waals surface area contributed by atoms with E-state index in [1.165, 1.54) is 0 Å². The molecule has 0 bridgehead atoms. The van der Waals surface area contributed by atoms with Crippen molar-refractivity contribution in [3.05, 3.63) is 59.2 Å². The van der Waals surface area contributed by atoms with Gasteiger partial charge in [0.2, 0.25) is 5.78 Å². The van der Waals surface area contributed by atoms with Crippen LogP contribution < -0.4 is 14.8 Å². The van der Waals surface area contributed by atoms with Crippen LogP contribution in [0.25, 0.3) is 0 Å². The highest BCUT2D eigenvalue weighted by atomic mass is 16.5. The third-order valence-electron chi connectivity index (χ3n) is 3.78. The number of methoxy groups -OCH3 is 2. The number of nitrogens with one attached hydrogen (secondary N) is 1. The second kappa shape index (κ2) is 7.64. The minimum Gasteiger partial charge on any atom is -0.493 e. The predicted molar refractivity (Wildman–Crippen MR) is 91.6 cm³/mol. The zero-order valence-electron chi connectivity index (χ0n) is 14.3. The number of ketones is 1. The molecule has 126 valence electrons. The van der Waals surface area contributed by atoms with Crippen molar-refractivity contribution in [3.63, 3.8) is 0 Å². The van der Waals surface area contributed by atoms with Gasteiger partial charge in [-0.25, -0.2) is 0 Å². The van der Waals surface area contributed by atoms with Crippen molar-refractivity contribution in [2.75, 3.05) is 14.2 Å². The second-order valence-electron chi connectivity index (χ2n) is 5.50. The Morgan fingerprint density at radius 2 is 1.58 bits per heavy atom. The number of Topliss-reactive ketones (excluding diaryl/α,β-unsaturated/α-hetero) is 1. The maximum Gasteiger partial charge on any atom is 0.292 e. The highest BCUT2D eigenvalue weighted by molar-refractivity contribution is 6.42. The quantitative estimate of drug-likeness (QED) is 0.654. The molecule has 0 saturated carbocycles. The second-order valence-corrected chi connectivity index (χ2v) is 5.50. The molecule has 0 spiro atoms. The number of carbonyl (C=O) groups excluding carboxylic acids is 2. The summed E-state index contributed by atoms with van der Waals surface area (Å²) in [7, 11) is 3.11. The van der Waals surface area contributed by atoms with Crippen molar-refractivity contribution < 1.29 is 19.1 Å². The Kier molecular flexibility index (Phi) is 5.58. The molecule has 2 aromatic rings. The van der Waals surface area contributed by atoms with E-state index < -0.39 is 11.7 Å². The zero-order valence-corrected chi connectivity index (χ0v) is 14.3. The van der Waals surface area contributed by atoms with Crippen molar-refractivity contribution in [2.45, 2.75) is 19.9 Å². The lowest BCUT2D eigenvalue weighted by atomic mass is 10.1. The number of rotatable bonds is 6. The first-order valence-corrected chi connectivity index (χ1v) is 7.60. The van der Waals surface area contributed by atoms with Crippen LogP contribution in [0.4, 0.5) is 0 Å². The van der Waals surface area contributed by atoms with E-state index >= 15 is 0 Å². The molecular weight excluding hydrogens is 306 g/mol. The molecule has 5 heteroatoms. The predicted octanol–water partition coefficient (Wildman–Crippen LogP) is 3.07. The van der Waals surface area contributed by atoms with Crippen LogP contribution in [0.15, 0.2) is 42.5 Å². The van der Waals surface area contributed by atoms with Gasteiger partial charge in [0, 0.05) is 5.56 Å². The smallest absolute Gasteiger partial charge is 0.292 e. The van der Waals surface area contributed by atoms with Crippen LogP contribution in [0.1, 0.15) is 34.5 Å². The van der Waals surface area contributed by atoms with E-state index in [4.69, 9.17) is 9.47 Å². The molecule has 1 N–H and O–H groups in total. The molecule has 0 aliphatic rings. The van der Waals surface area contributed by atoms with Crippen LogP contribution in [-0.4, -0.2) is 25.9 Å². The zero-order chi connectivity index (χ0) is 17.7. The summed E-state index contributed by atoms with van der Waals surface area (Å²) < 4.78 is 10.4. The van der Waals surface area contributed by atoms with E-state index in [1.54, 1.807) is 50.6 Å². The number of ether oxygens (including phenoxy) is 2. The summed E-state index contributed by atoms with van der Waals surface area (Å²) in [6.07, 6.45) is 0. The van der Waals surface area contributed by atoms with Gasteiger partial charge in [-0.2, -0.15) is 0 Å². The van der Waals surface area contributed by atoms with Crippen LogP contribution >= 0.6 is 0 Å². The van der Waals surface area contributed by atoms with Crippen molar-refractivity contribution >= 4 is 11.7 Å². The number of hydrogen-bond acceptors (Lipinski definition) is 4. The van der Waals surface area contributed by atoms with Gasteiger partial charge in [-0.1, -0.05) is 35.9 Å². The fourth-order valence-corrected chi connectivity index (χ4v) is 2.30. The topological polar surface area (TPSA) is 64.6 Å². The van der Waals surface area contributed by atoms with E-state index in [9.17, 15) is 9.59 Å². The van der Waals surface area contributed by atoms with Crippen LogP contribution in [0.5, 0.6) is 11.5 Å². The maximum atomic E-state index is 12.2. The maximum absolute atomic E-state index is 12.2. The first-order valence-electron chi connectivity index (χ1n) is 7.60. The summed E-state index contributed by atoms with van der Waals surface area (Å²) in [5, 5.41) is 2.71. The van der Waals surface area contributed by atoms with Gasteiger partial charge in [-0.15, -0.1) is 0 Å². The number of aryl methyl sites for hydroxylation is 1. The molecule has 2 rings (SSSR count). The minimum absolute atomic E-state index is 0.341. The van der Waals surface area contributed by atoms with Gasteiger partial charge in [0.1, 0.15) is 0 Å². The van der Waals surface area contributed by atoms with E-state index in [1.807, 2.05) is 19.9 Å². The number of amides is 1. The number of carbonyl (C=O) groups is 2. The van der Waals surface area contributed by atoms with Gasteiger partial charge in [0.15, 0.2) is 11.5 Å². The molecule has 1 unspecified atom stereocenters. The van der Waals surface area contributed by atoms with Crippen molar-refractivity contribution in [2.24, 2.45) is 0 Å². The van der Waals surface area contributed by atoms with Gasteiger partial charge < -0.3 is 14.8 Å². The van der Waals surface area contributed by atoms with Crippen molar-refractivity contribution in [3.8, 4) is 11.5 Å². The molecule has 0 fully saturated rings. The molecule has 5 nitrogen and oxygen atoms in total. The Bertz CT molecular complexity index is 738. The average molecular weight is 327 g/mol. The van der Waals surface area contributed by atoms with Gasteiger partial charge in [0.05, 0.1) is 20.3 Å². The highest BCUT2D eigenvalue weighted by Crippen LogP contribution is 2.29. The SMILES string of the molecule is COc1ccc(C(C)NC(=O)C(=O)c2ccc(C)cc2)cc1OC. The largest absolute Gasteiger partial charge is 0.493 e. The molecule has 0 heterocycles. The summed E-state index contributed by atoms with van der Waals surface area (Å²) in [6, 6.07) is 11.9. The van der Waals surface area contributed by atoms with Crippen molar-refractivity contribution in [1.82, 2.24) is 5.32 Å². The van der Waals surface area contributed by atoms with Gasteiger partial charge in [-0.3, -0.25) is 9.59 Å². The molecule has 0 radical (unpaired) electrons. The third-order valence-corrected chi connectivity index (χ3v) is 3.78. The van der Waals surface area contributed by atoms with Crippen LogP contribution in [0.3, 0.4) is 0 Å². The normalized spacial score (nSPS) is 11.5. The Morgan fingerprint density at radius 1 is 0.958 bits per heavy atom. The molecule has 0 saturated heterocycles.